The van der Waals surface area contributed by atoms with Crippen LogP contribution in [0.3, 0.4) is 0 Å². The minimum absolute atomic E-state index is 0.0938. The van der Waals surface area contributed by atoms with Gasteiger partial charge in [0.05, 0.1) is 0 Å². The molecule has 0 amide bonds. The second-order valence-corrected chi connectivity index (χ2v) is 4.05. The van der Waals surface area contributed by atoms with Gasteiger partial charge in [0.2, 0.25) is 0 Å². The Hall–Kier alpha value is -1.79. The Morgan fingerprint density at radius 3 is 2.72 bits per heavy atom. The lowest BCUT2D eigenvalue weighted by Gasteiger charge is -2.14. The average molecular weight is 244 g/mol. The van der Waals surface area contributed by atoms with Crippen molar-refractivity contribution in [3.8, 4) is 11.8 Å². The summed E-state index contributed by atoms with van der Waals surface area (Å²) in [5, 5.41) is 11.9. The summed E-state index contributed by atoms with van der Waals surface area (Å²) in [6, 6.07) is 10.1. The topological polar surface area (TPSA) is 45.0 Å². The number of nitrogens with zero attached hydrogens (tertiary/aromatic N) is 1. The Morgan fingerprint density at radius 1 is 1.39 bits per heavy atom. The van der Waals surface area contributed by atoms with E-state index in [2.05, 4.69) is 24.4 Å². The predicted molar refractivity (Wildman–Crippen MR) is 73.4 cm³/mol. The van der Waals surface area contributed by atoms with Crippen molar-refractivity contribution in [3.63, 3.8) is 0 Å². The summed E-state index contributed by atoms with van der Waals surface area (Å²) < 4.78 is 5.21. The zero-order chi connectivity index (χ0) is 13.2. The number of benzene rings is 1. The van der Waals surface area contributed by atoms with Gasteiger partial charge in [-0.25, -0.2) is 0 Å². The van der Waals surface area contributed by atoms with Crippen LogP contribution in [0.5, 0.6) is 5.75 Å². The van der Waals surface area contributed by atoms with Gasteiger partial charge in [0.15, 0.2) is 6.61 Å². The molecule has 96 valence electrons. The molecular weight excluding hydrogens is 224 g/mol. The fourth-order valence-electron chi connectivity index (χ4n) is 1.64. The van der Waals surface area contributed by atoms with Gasteiger partial charge in [-0.1, -0.05) is 24.3 Å². The van der Waals surface area contributed by atoms with Crippen LogP contribution in [0.1, 0.15) is 31.9 Å². The smallest absolute Gasteiger partial charge is 0.174 e. The molecule has 0 heterocycles. The zero-order valence-corrected chi connectivity index (χ0v) is 11.0. The van der Waals surface area contributed by atoms with E-state index in [1.165, 1.54) is 5.56 Å². The third-order valence-corrected chi connectivity index (χ3v) is 2.68. The lowest BCUT2D eigenvalue weighted by molar-refractivity contribution is 0.368. The van der Waals surface area contributed by atoms with Crippen LogP contribution in [0.4, 0.5) is 0 Å². The first kappa shape index (κ1) is 14.3. The Kier molecular flexibility index (Phi) is 6.60. The first-order chi connectivity index (χ1) is 8.77. The molecule has 0 aliphatic carbocycles. The van der Waals surface area contributed by atoms with Crippen LogP contribution in [0.15, 0.2) is 36.4 Å². The maximum absolute atomic E-state index is 8.42. The Bertz CT molecular complexity index is 403. The number of allylic oxidation sites excluding steroid dienone is 1. The number of ether oxygens (including phenoxy) is 1. The molecule has 3 heteroatoms. The van der Waals surface area contributed by atoms with E-state index in [-0.39, 0.29) is 6.61 Å². The van der Waals surface area contributed by atoms with Crippen molar-refractivity contribution in [3.05, 3.63) is 42.0 Å². The predicted octanol–water partition coefficient (Wildman–Crippen LogP) is 3.21. The second kappa shape index (κ2) is 8.32. The molecule has 0 aliphatic heterocycles. The van der Waals surface area contributed by atoms with Gasteiger partial charge >= 0.3 is 0 Å². The minimum atomic E-state index is 0.0938. The molecule has 0 saturated carbocycles. The minimum Gasteiger partial charge on any atom is -0.479 e. The quantitative estimate of drug-likeness (QED) is 0.591. The molecule has 1 aromatic rings. The molecule has 0 bridgehead atoms. The summed E-state index contributed by atoms with van der Waals surface area (Å²) in [6.07, 6.45) is 5.26. The molecule has 0 aliphatic rings. The van der Waals surface area contributed by atoms with E-state index in [1.807, 2.05) is 37.3 Å². The third kappa shape index (κ3) is 5.03. The number of rotatable bonds is 7. The lowest BCUT2D eigenvalue weighted by atomic mass is 10.1. The highest BCUT2D eigenvalue weighted by molar-refractivity contribution is 5.29. The van der Waals surface area contributed by atoms with Crippen LogP contribution in [-0.2, 0) is 0 Å². The lowest BCUT2D eigenvalue weighted by Crippen LogP contribution is -2.19. The number of nitrogens with one attached hydrogen (secondary N) is 1. The van der Waals surface area contributed by atoms with Crippen molar-refractivity contribution in [1.82, 2.24) is 5.32 Å². The van der Waals surface area contributed by atoms with Gasteiger partial charge in [-0.3, -0.25) is 0 Å². The first-order valence-corrected chi connectivity index (χ1v) is 6.22. The van der Waals surface area contributed by atoms with Crippen molar-refractivity contribution in [2.75, 3.05) is 13.2 Å². The van der Waals surface area contributed by atoms with Crippen LogP contribution in [0, 0.1) is 11.3 Å². The fourth-order valence-corrected chi connectivity index (χ4v) is 1.64. The molecule has 0 spiro atoms. The summed E-state index contributed by atoms with van der Waals surface area (Å²) in [4.78, 5) is 0. The van der Waals surface area contributed by atoms with Crippen LogP contribution < -0.4 is 10.1 Å². The SMILES string of the molecule is C/C=C/CCNC(C)c1ccc(OCC#N)cc1. The van der Waals surface area contributed by atoms with E-state index in [0.29, 0.717) is 6.04 Å². The Balaban J connectivity index is 2.43. The largest absolute Gasteiger partial charge is 0.479 e. The van der Waals surface area contributed by atoms with Crippen molar-refractivity contribution < 1.29 is 4.74 Å². The summed E-state index contributed by atoms with van der Waals surface area (Å²) in [7, 11) is 0. The van der Waals surface area contributed by atoms with Crippen molar-refractivity contribution >= 4 is 0 Å². The van der Waals surface area contributed by atoms with E-state index in [0.717, 1.165) is 18.7 Å². The number of hydrogen-bond acceptors (Lipinski definition) is 3. The summed E-state index contributed by atoms with van der Waals surface area (Å²) in [5.41, 5.74) is 1.22. The van der Waals surface area contributed by atoms with Crippen molar-refractivity contribution in [1.29, 1.82) is 5.26 Å². The van der Waals surface area contributed by atoms with Gasteiger partial charge in [0, 0.05) is 6.04 Å². The molecule has 1 N–H and O–H groups in total. The van der Waals surface area contributed by atoms with E-state index in [4.69, 9.17) is 10.00 Å². The second-order valence-electron chi connectivity index (χ2n) is 4.05. The molecule has 0 fully saturated rings. The summed E-state index contributed by atoms with van der Waals surface area (Å²) >= 11 is 0. The Labute approximate surface area is 109 Å². The van der Waals surface area contributed by atoms with E-state index in [9.17, 15) is 0 Å². The van der Waals surface area contributed by atoms with Crippen molar-refractivity contribution in [2.45, 2.75) is 26.3 Å². The summed E-state index contributed by atoms with van der Waals surface area (Å²) in [5.74, 6) is 0.737. The highest BCUT2D eigenvalue weighted by Crippen LogP contribution is 2.17. The van der Waals surface area contributed by atoms with Crippen LogP contribution >= 0.6 is 0 Å². The normalized spacial score (nSPS) is 12.3. The third-order valence-electron chi connectivity index (χ3n) is 2.68. The molecular formula is C15H20N2O. The molecule has 0 radical (unpaired) electrons. The standard InChI is InChI=1S/C15H20N2O/c1-3-4-5-11-17-13(2)14-6-8-15(9-7-14)18-12-10-16/h3-4,6-9,13,17H,5,11-12H2,1-2H3/b4-3+. The first-order valence-electron chi connectivity index (χ1n) is 6.22. The average Bonchev–Trinajstić information content (AvgIpc) is 2.41. The van der Waals surface area contributed by atoms with E-state index >= 15 is 0 Å². The van der Waals surface area contributed by atoms with Gasteiger partial charge in [0.1, 0.15) is 11.8 Å². The van der Waals surface area contributed by atoms with Gasteiger partial charge in [-0.2, -0.15) is 5.26 Å². The molecule has 1 atom stereocenters. The number of nitriles is 1. The van der Waals surface area contributed by atoms with Crippen LogP contribution in [0.2, 0.25) is 0 Å². The zero-order valence-electron chi connectivity index (χ0n) is 11.0. The highest BCUT2D eigenvalue weighted by atomic mass is 16.5. The molecule has 1 rings (SSSR count). The van der Waals surface area contributed by atoms with Gasteiger partial charge < -0.3 is 10.1 Å². The van der Waals surface area contributed by atoms with E-state index < -0.39 is 0 Å². The molecule has 1 unspecified atom stereocenters. The van der Waals surface area contributed by atoms with Gasteiger partial charge in [-0.05, 0) is 44.5 Å². The molecule has 3 nitrogen and oxygen atoms in total. The number of hydrogen-bond donors (Lipinski definition) is 1. The van der Waals surface area contributed by atoms with Crippen molar-refractivity contribution in [2.24, 2.45) is 0 Å². The molecule has 0 aromatic heterocycles. The molecule has 0 saturated heterocycles. The van der Waals surface area contributed by atoms with Gasteiger partial charge in [-0.15, -0.1) is 0 Å². The van der Waals surface area contributed by atoms with Gasteiger partial charge in [0.25, 0.3) is 0 Å². The summed E-state index contributed by atoms with van der Waals surface area (Å²) in [6.45, 7) is 5.24. The maximum atomic E-state index is 8.42. The van der Waals surface area contributed by atoms with Crippen LogP contribution in [0.25, 0.3) is 0 Å². The highest BCUT2D eigenvalue weighted by Gasteiger charge is 2.03. The van der Waals surface area contributed by atoms with E-state index in [1.54, 1.807) is 0 Å². The molecule has 1 aromatic carbocycles. The molecule has 18 heavy (non-hydrogen) atoms. The fraction of sp³-hybridized carbons (Fsp3) is 0.400. The monoisotopic (exact) mass is 244 g/mol. The van der Waals surface area contributed by atoms with Crippen LogP contribution in [-0.4, -0.2) is 13.2 Å². The maximum Gasteiger partial charge on any atom is 0.174 e. The Morgan fingerprint density at radius 2 is 2.11 bits per heavy atom.